The third kappa shape index (κ3) is 3.23. The van der Waals surface area contributed by atoms with Crippen molar-refractivity contribution in [3.8, 4) is 0 Å². The Kier molecular flexibility index (Phi) is 4.47. The lowest BCUT2D eigenvalue weighted by Gasteiger charge is -2.38. The normalized spacial score (nSPS) is 20.1. The van der Waals surface area contributed by atoms with Gasteiger partial charge < -0.3 is 0 Å². The van der Waals surface area contributed by atoms with Crippen molar-refractivity contribution >= 4 is 17.4 Å². The fourth-order valence-corrected chi connectivity index (χ4v) is 4.54. The summed E-state index contributed by atoms with van der Waals surface area (Å²) in [4.78, 5) is 28.0. The van der Waals surface area contributed by atoms with E-state index in [2.05, 4.69) is 12.1 Å². The maximum absolute atomic E-state index is 13.2. The Morgan fingerprint density at radius 2 is 1.63 bits per heavy atom. The molecule has 1 amide bonds. The molecular formula is C24H25NO2. The number of allylic oxidation sites excluding steroid dienone is 2. The van der Waals surface area contributed by atoms with Crippen LogP contribution in [0.1, 0.15) is 53.9 Å². The summed E-state index contributed by atoms with van der Waals surface area (Å²) in [5, 5.41) is 0. The van der Waals surface area contributed by atoms with Gasteiger partial charge in [-0.2, -0.15) is 0 Å². The van der Waals surface area contributed by atoms with Crippen LogP contribution in [-0.4, -0.2) is 11.7 Å². The van der Waals surface area contributed by atoms with Crippen molar-refractivity contribution in [1.29, 1.82) is 0 Å². The molecule has 0 aromatic heterocycles. The van der Waals surface area contributed by atoms with E-state index in [1.807, 2.05) is 56.0 Å². The highest BCUT2D eigenvalue weighted by Gasteiger charge is 2.39. The highest BCUT2D eigenvalue weighted by Crippen LogP contribution is 2.43. The lowest BCUT2D eigenvalue weighted by molar-refractivity contribution is -0.119. The predicted molar refractivity (Wildman–Crippen MR) is 108 cm³/mol. The van der Waals surface area contributed by atoms with Crippen molar-refractivity contribution < 1.29 is 9.59 Å². The van der Waals surface area contributed by atoms with E-state index in [4.69, 9.17) is 0 Å². The first kappa shape index (κ1) is 17.7. The van der Waals surface area contributed by atoms with Crippen molar-refractivity contribution in [2.75, 3.05) is 4.90 Å². The average Bonchev–Trinajstić information content (AvgIpc) is 2.60. The summed E-state index contributed by atoms with van der Waals surface area (Å²) < 4.78 is 0. The van der Waals surface area contributed by atoms with Crippen LogP contribution < -0.4 is 4.90 Å². The lowest BCUT2D eigenvalue weighted by atomic mass is 9.77. The Bertz CT molecular complexity index is 950. The van der Waals surface area contributed by atoms with Gasteiger partial charge in [0.1, 0.15) is 0 Å². The molecule has 0 spiro atoms. The van der Waals surface area contributed by atoms with Crippen molar-refractivity contribution in [2.45, 2.75) is 52.4 Å². The van der Waals surface area contributed by atoms with Gasteiger partial charge >= 0.3 is 0 Å². The molecule has 0 N–H and O–H groups in total. The molecule has 1 unspecified atom stereocenters. The van der Waals surface area contributed by atoms with Crippen molar-refractivity contribution in [1.82, 2.24) is 0 Å². The number of rotatable bonds is 2. The third-order valence-corrected chi connectivity index (χ3v) is 5.58. The van der Waals surface area contributed by atoms with Gasteiger partial charge in [0.15, 0.2) is 5.78 Å². The maximum Gasteiger partial charge on any atom is 0.232 e. The van der Waals surface area contributed by atoms with Gasteiger partial charge in [-0.1, -0.05) is 35.9 Å². The van der Waals surface area contributed by atoms with E-state index in [-0.39, 0.29) is 17.6 Å². The minimum atomic E-state index is -0.123. The molecule has 0 radical (unpaired) electrons. The Labute approximate surface area is 160 Å². The van der Waals surface area contributed by atoms with Gasteiger partial charge in [-0.3, -0.25) is 14.5 Å². The van der Waals surface area contributed by atoms with Crippen LogP contribution in [0.5, 0.6) is 0 Å². The predicted octanol–water partition coefficient (Wildman–Crippen LogP) is 5.14. The summed E-state index contributed by atoms with van der Waals surface area (Å²) in [6, 6.07) is 14.4. The van der Waals surface area contributed by atoms with Crippen LogP contribution >= 0.6 is 0 Å². The van der Waals surface area contributed by atoms with Crippen LogP contribution in [0.4, 0.5) is 5.69 Å². The fraction of sp³-hybridized carbons (Fsp3) is 0.333. The number of Topliss-reactive ketones (excluding diaryl/α,β-unsaturated/α-hetero) is 1. The summed E-state index contributed by atoms with van der Waals surface area (Å²) in [7, 11) is 0. The molecule has 0 saturated carbocycles. The SMILES string of the molecule is Cc1cccc(C2CC(=O)N(c3cc(C)cc(C)c3)C3=C2C(=O)CCC3)c1. The quantitative estimate of drug-likeness (QED) is 0.744. The second kappa shape index (κ2) is 6.80. The summed E-state index contributed by atoms with van der Waals surface area (Å²) in [5.74, 6) is 0.159. The molecule has 138 valence electrons. The Hall–Kier alpha value is -2.68. The number of hydrogen-bond donors (Lipinski definition) is 0. The van der Waals surface area contributed by atoms with Gasteiger partial charge in [-0.05, 0) is 62.4 Å². The van der Waals surface area contributed by atoms with Crippen LogP contribution in [-0.2, 0) is 9.59 Å². The van der Waals surface area contributed by atoms with E-state index in [1.165, 1.54) is 0 Å². The standard InChI is InChI=1S/C24H25NO2/c1-15-6-4-7-18(11-15)20-14-23(27)25(19-12-16(2)10-17(3)13-19)21-8-5-9-22(26)24(20)21/h4,6-7,10-13,20H,5,8-9,14H2,1-3H3. The van der Waals surface area contributed by atoms with Gasteiger partial charge in [0.2, 0.25) is 5.91 Å². The zero-order valence-corrected chi connectivity index (χ0v) is 16.2. The maximum atomic E-state index is 13.2. The largest absolute Gasteiger partial charge is 0.294 e. The highest BCUT2D eigenvalue weighted by atomic mass is 16.2. The van der Waals surface area contributed by atoms with Crippen LogP contribution in [0.25, 0.3) is 0 Å². The van der Waals surface area contributed by atoms with Crippen LogP contribution in [0.15, 0.2) is 53.7 Å². The van der Waals surface area contributed by atoms with E-state index in [0.717, 1.165) is 52.1 Å². The topological polar surface area (TPSA) is 37.4 Å². The number of anilines is 1. The van der Waals surface area contributed by atoms with Crippen molar-refractivity contribution in [3.63, 3.8) is 0 Å². The van der Waals surface area contributed by atoms with Gasteiger partial charge in [-0.15, -0.1) is 0 Å². The monoisotopic (exact) mass is 359 g/mol. The molecule has 2 aliphatic rings. The Balaban J connectivity index is 1.88. The summed E-state index contributed by atoms with van der Waals surface area (Å²) >= 11 is 0. The Morgan fingerprint density at radius 1 is 0.889 bits per heavy atom. The molecule has 2 aromatic carbocycles. The number of ketones is 1. The molecule has 1 atom stereocenters. The van der Waals surface area contributed by atoms with Crippen LogP contribution in [0.2, 0.25) is 0 Å². The molecule has 0 fully saturated rings. The number of carbonyl (C=O) groups excluding carboxylic acids is 2. The number of hydrogen-bond acceptors (Lipinski definition) is 2. The molecular weight excluding hydrogens is 334 g/mol. The highest BCUT2D eigenvalue weighted by molar-refractivity contribution is 6.07. The van der Waals surface area contributed by atoms with Gasteiger partial charge in [0, 0.05) is 35.7 Å². The average molecular weight is 359 g/mol. The second-order valence-electron chi connectivity index (χ2n) is 7.88. The van der Waals surface area contributed by atoms with Gasteiger partial charge in [0.25, 0.3) is 0 Å². The van der Waals surface area contributed by atoms with Crippen LogP contribution in [0.3, 0.4) is 0 Å². The molecule has 1 aliphatic heterocycles. The zero-order valence-electron chi connectivity index (χ0n) is 16.2. The van der Waals surface area contributed by atoms with Crippen molar-refractivity contribution in [2.24, 2.45) is 0 Å². The molecule has 3 nitrogen and oxygen atoms in total. The number of benzene rings is 2. The smallest absolute Gasteiger partial charge is 0.232 e. The van der Waals surface area contributed by atoms with E-state index in [1.54, 1.807) is 0 Å². The number of aryl methyl sites for hydroxylation is 3. The first-order valence-corrected chi connectivity index (χ1v) is 9.68. The minimum Gasteiger partial charge on any atom is -0.294 e. The molecule has 27 heavy (non-hydrogen) atoms. The fourth-order valence-electron chi connectivity index (χ4n) is 4.54. The van der Waals surface area contributed by atoms with Gasteiger partial charge in [0.05, 0.1) is 0 Å². The van der Waals surface area contributed by atoms with Gasteiger partial charge in [-0.25, -0.2) is 0 Å². The molecule has 1 heterocycles. The lowest BCUT2D eigenvalue weighted by Crippen LogP contribution is -2.40. The van der Waals surface area contributed by atoms with Crippen molar-refractivity contribution in [3.05, 3.63) is 76.0 Å². The van der Waals surface area contributed by atoms with E-state index < -0.39 is 0 Å². The molecule has 0 saturated heterocycles. The molecule has 2 aromatic rings. The summed E-state index contributed by atoms with van der Waals surface area (Å²) in [6.45, 7) is 6.14. The zero-order chi connectivity index (χ0) is 19.1. The van der Waals surface area contributed by atoms with E-state index >= 15 is 0 Å². The minimum absolute atomic E-state index is 0.0833. The van der Waals surface area contributed by atoms with E-state index in [9.17, 15) is 9.59 Å². The third-order valence-electron chi connectivity index (χ3n) is 5.58. The summed E-state index contributed by atoms with van der Waals surface area (Å²) in [5.41, 5.74) is 7.14. The van der Waals surface area contributed by atoms with Crippen LogP contribution in [0, 0.1) is 20.8 Å². The second-order valence-corrected chi connectivity index (χ2v) is 7.88. The number of nitrogens with zero attached hydrogens (tertiary/aromatic N) is 1. The first-order chi connectivity index (χ1) is 12.9. The summed E-state index contributed by atoms with van der Waals surface area (Å²) in [6.07, 6.45) is 2.52. The molecule has 3 heteroatoms. The molecule has 0 bridgehead atoms. The number of carbonyl (C=O) groups is 2. The molecule has 1 aliphatic carbocycles. The Morgan fingerprint density at radius 3 is 2.33 bits per heavy atom. The molecule has 4 rings (SSSR count). The van der Waals surface area contributed by atoms with E-state index in [0.29, 0.717) is 12.8 Å². The first-order valence-electron chi connectivity index (χ1n) is 9.68. The number of amides is 1.